The summed E-state index contributed by atoms with van der Waals surface area (Å²) in [5.41, 5.74) is -6.02. The molecule has 2 saturated heterocycles. The van der Waals surface area contributed by atoms with Gasteiger partial charge in [-0.3, -0.25) is 9.59 Å². The molecule has 2 rings (SSSR count). The summed E-state index contributed by atoms with van der Waals surface area (Å²) < 4.78 is 17.5. The van der Waals surface area contributed by atoms with Crippen molar-refractivity contribution >= 4 is 58.9 Å². The van der Waals surface area contributed by atoms with Gasteiger partial charge in [-0.2, -0.15) is 0 Å². The van der Waals surface area contributed by atoms with Crippen LogP contribution >= 0.6 is 0 Å². The fraction of sp³-hybridized carbons (Fsp3) is 0.538. The standard InChI is InChI=1S/C13H12O14.Mg/c14-5(15)1-11(22,2-6(16)17)9(20)26-13-24-7(18)3-12(23,10(21)27-13)4-8(19)25-13;/h22-23H,1-4H2,(H,14,15)(H,16,17);/q;+2/p-2. The van der Waals surface area contributed by atoms with Gasteiger partial charge in [0.25, 0.3) is 0 Å². The van der Waals surface area contributed by atoms with Crippen LogP contribution in [0.3, 0.4) is 0 Å². The molecule has 0 unspecified atom stereocenters. The number of esters is 4. The third-order valence-electron chi connectivity index (χ3n) is 3.42. The summed E-state index contributed by atoms with van der Waals surface area (Å²) in [6.07, 6.45) is -8.94. The van der Waals surface area contributed by atoms with Crippen molar-refractivity contribution in [2.24, 2.45) is 0 Å². The zero-order chi connectivity index (χ0) is 20.6. The summed E-state index contributed by atoms with van der Waals surface area (Å²) in [6, 6.07) is 0. The Kier molecular flexibility index (Phi) is 6.61. The fourth-order valence-corrected chi connectivity index (χ4v) is 2.26. The molecule has 14 nitrogen and oxygen atoms in total. The number of hydrogen-bond donors (Lipinski definition) is 2. The molecule has 0 aliphatic carbocycles. The van der Waals surface area contributed by atoms with Crippen LogP contribution in [0, 0.1) is 0 Å². The van der Waals surface area contributed by atoms with E-state index < -0.39 is 78.9 Å². The molecule has 148 valence electrons. The first-order chi connectivity index (χ1) is 12.3. The van der Waals surface area contributed by atoms with Crippen LogP contribution in [0.5, 0.6) is 0 Å². The normalized spacial score (nSPS) is 26.6. The minimum atomic E-state index is -3.55. The molecule has 0 radical (unpaired) electrons. The van der Waals surface area contributed by atoms with Gasteiger partial charge in [0, 0.05) is 24.8 Å². The van der Waals surface area contributed by atoms with Crippen molar-refractivity contribution in [3.05, 3.63) is 0 Å². The molecular weight excluding hydrogens is 404 g/mol. The molecule has 2 aliphatic heterocycles. The summed E-state index contributed by atoms with van der Waals surface area (Å²) in [4.78, 5) is 68.7. The zero-order valence-corrected chi connectivity index (χ0v) is 15.2. The SMILES string of the molecule is O=C([O-])CC(O)(CC(=O)[O-])C(=O)OC12OC(=O)CC(O)(CC(=O)O1)C(=O)O2.[Mg+2]. The van der Waals surface area contributed by atoms with Crippen LogP contribution in [-0.4, -0.2) is 86.4 Å². The van der Waals surface area contributed by atoms with Crippen molar-refractivity contribution in [3.63, 3.8) is 0 Å². The molecule has 0 aromatic carbocycles. The van der Waals surface area contributed by atoms with Crippen LogP contribution < -0.4 is 10.2 Å². The number of fused-ring (bicyclic) bond motifs is 3. The van der Waals surface area contributed by atoms with Crippen molar-refractivity contribution in [2.75, 3.05) is 0 Å². The van der Waals surface area contributed by atoms with Crippen molar-refractivity contribution in [1.29, 1.82) is 0 Å². The molecule has 0 aromatic heterocycles. The van der Waals surface area contributed by atoms with E-state index in [0.717, 1.165) is 0 Å². The van der Waals surface area contributed by atoms with E-state index in [2.05, 4.69) is 18.9 Å². The average Bonchev–Trinajstić information content (AvgIpc) is 2.56. The van der Waals surface area contributed by atoms with E-state index in [4.69, 9.17) is 0 Å². The Labute approximate surface area is 170 Å². The van der Waals surface area contributed by atoms with Gasteiger partial charge in [-0.25, -0.2) is 9.59 Å². The third kappa shape index (κ3) is 4.86. The van der Waals surface area contributed by atoms with Crippen molar-refractivity contribution < 1.29 is 68.1 Å². The number of hydrogen-bond acceptors (Lipinski definition) is 14. The summed E-state index contributed by atoms with van der Waals surface area (Å²) >= 11 is 0. The Morgan fingerprint density at radius 1 is 1.00 bits per heavy atom. The van der Waals surface area contributed by atoms with Gasteiger partial charge in [0.15, 0.2) is 11.2 Å². The van der Waals surface area contributed by atoms with Crippen LogP contribution in [0.2, 0.25) is 0 Å². The predicted molar refractivity (Wildman–Crippen MR) is 71.2 cm³/mol. The maximum absolute atomic E-state index is 12.1. The number of carbonyl (C=O) groups excluding carboxylic acids is 6. The minimum absolute atomic E-state index is 0. The second kappa shape index (κ2) is 7.86. The van der Waals surface area contributed by atoms with Crippen LogP contribution in [0.4, 0.5) is 0 Å². The molecule has 0 spiro atoms. The molecule has 2 bridgehead atoms. The molecule has 15 heteroatoms. The number of aliphatic carboxylic acids is 2. The van der Waals surface area contributed by atoms with Crippen molar-refractivity contribution in [2.45, 2.75) is 43.0 Å². The van der Waals surface area contributed by atoms with E-state index in [1.165, 1.54) is 0 Å². The summed E-state index contributed by atoms with van der Waals surface area (Å²) in [7, 11) is 0. The predicted octanol–water partition coefficient (Wildman–Crippen LogP) is -6.06. The van der Waals surface area contributed by atoms with Gasteiger partial charge in [0.2, 0.25) is 0 Å². The number of rotatable bonds is 6. The van der Waals surface area contributed by atoms with Gasteiger partial charge >= 0.3 is 53.1 Å². The molecule has 28 heavy (non-hydrogen) atoms. The molecule has 2 heterocycles. The Bertz CT molecular complexity index is 706. The smallest absolute Gasteiger partial charge is 0.550 e. The number of carboxylic acid groups (broad SMARTS) is 2. The first kappa shape index (κ1) is 23.5. The Hall–Kier alpha value is -2.49. The number of carboxylic acids is 2. The van der Waals surface area contributed by atoms with Crippen LogP contribution in [0.25, 0.3) is 0 Å². The van der Waals surface area contributed by atoms with Gasteiger partial charge in [-0.15, -0.1) is 0 Å². The van der Waals surface area contributed by atoms with Gasteiger partial charge < -0.3 is 49.0 Å². The topological polar surface area (TPSA) is 226 Å². The molecule has 0 amide bonds. The van der Waals surface area contributed by atoms with Crippen LogP contribution in [0.15, 0.2) is 0 Å². The third-order valence-corrected chi connectivity index (χ3v) is 3.42. The zero-order valence-electron chi connectivity index (χ0n) is 13.8. The molecule has 0 aromatic rings. The Balaban J connectivity index is 0.00000392. The average molecular weight is 415 g/mol. The fourth-order valence-electron chi connectivity index (χ4n) is 2.26. The molecule has 2 aliphatic rings. The second-order valence-corrected chi connectivity index (χ2v) is 5.74. The van der Waals surface area contributed by atoms with Gasteiger partial charge in [-0.1, -0.05) is 0 Å². The first-order valence-electron chi connectivity index (χ1n) is 7.04. The molecule has 0 saturated carbocycles. The van der Waals surface area contributed by atoms with E-state index in [-0.39, 0.29) is 23.1 Å². The number of ether oxygens (including phenoxy) is 4. The number of carbonyl (C=O) groups is 6. The van der Waals surface area contributed by atoms with Gasteiger partial charge in [-0.05, 0) is 0 Å². The van der Waals surface area contributed by atoms with Crippen molar-refractivity contribution in [3.8, 4) is 0 Å². The molecule has 0 atom stereocenters. The second-order valence-electron chi connectivity index (χ2n) is 5.74. The van der Waals surface area contributed by atoms with Gasteiger partial charge in [0.05, 0.1) is 12.8 Å². The van der Waals surface area contributed by atoms with E-state index in [9.17, 15) is 49.2 Å². The monoisotopic (exact) mass is 414 g/mol. The van der Waals surface area contributed by atoms with E-state index >= 15 is 0 Å². The molecule has 2 N–H and O–H groups in total. The summed E-state index contributed by atoms with van der Waals surface area (Å²) in [5, 5.41) is 41.3. The molecule has 2 fully saturated rings. The Morgan fingerprint density at radius 2 is 1.43 bits per heavy atom. The largest absolute Gasteiger partial charge is 2.00 e. The Morgan fingerprint density at radius 3 is 1.82 bits per heavy atom. The van der Waals surface area contributed by atoms with Gasteiger partial charge in [0.1, 0.15) is 0 Å². The van der Waals surface area contributed by atoms with Crippen LogP contribution in [-0.2, 0) is 47.7 Å². The van der Waals surface area contributed by atoms with Crippen LogP contribution in [0.1, 0.15) is 25.7 Å². The summed E-state index contributed by atoms with van der Waals surface area (Å²) in [5.74, 6) is -10.9. The summed E-state index contributed by atoms with van der Waals surface area (Å²) in [6.45, 7) is 0. The minimum Gasteiger partial charge on any atom is -0.550 e. The maximum Gasteiger partial charge on any atom is 2.00 e. The maximum atomic E-state index is 12.1. The van der Waals surface area contributed by atoms with Crippen molar-refractivity contribution in [1.82, 2.24) is 0 Å². The van der Waals surface area contributed by atoms with E-state index in [1.807, 2.05) is 0 Å². The van der Waals surface area contributed by atoms with E-state index in [1.54, 1.807) is 0 Å². The number of aliphatic hydroxyl groups is 2. The van der Waals surface area contributed by atoms with E-state index in [0.29, 0.717) is 0 Å². The molecular formula is C13H10MgO14. The quantitative estimate of drug-likeness (QED) is 0.304. The first-order valence-corrected chi connectivity index (χ1v) is 7.04.